The molecule has 5 nitrogen and oxygen atoms in total. The van der Waals surface area contributed by atoms with E-state index in [2.05, 4.69) is 0 Å². The minimum absolute atomic E-state index is 0.327. The summed E-state index contributed by atoms with van der Waals surface area (Å²) in [4.78, 5) is 25.9. The highest BCUT2D eigenvalue weighted by molar-refractivity contribution is 5.96. The fourth-order valence-electron chi connectivity index (χ4n) is 3.32. The maximum absolute atomic E-state index is 12.5. The maximum Gasteiger partial charge on any atom is 0.405 e. The summed E-state index contributed by atoms with van der Waals surface area (Å²) in [6.07, 6.45) is -0.665. The second-order valence-corrected chi connectivity index (χ2v) is 7.20. The van der Waals surface area contributed by atoms with Gasteiger partial charge in [0, 0.05) is 12.6 Å². The SMILES string of the molecule is O=C(NCC(F)(F)F)C1CCCN1C(=O)/C=C/c1cccc(OCc2ccccc2)c1. The van der Waals surface area contributed by atoms with Crippen molar-refractivity contribution in [3.8, 4) is 5.75 Å². The molecule has 1 N–H and O–H groups in total. The molecule has 1 saturated heterocycles. The van der Waals surface area contributed by atoms with Crippen molar-refractivity contribution in [1.29, 1.82) is 0 Å². The average molecular weight is 432 g/mol. The predicted molar refractivity (Wildman–Crippen MR) is 110 cm³/mol. The first-order valence-electron chi connectivity index (χ1n) is 9.92. The van der Waals surface area contributed by atoms with Crippen LogP contribution in [0.15, 0.2) is 60.7 Å². The first-order valence-corrected chi connectivity index (χ1v) is 9.92. The van der Waals surface area contributed by atoms with Crippen LogP contribution in [-0.4, -0.2) is 42.0 Å². The number of carbonyl (C=O) groups is 2. The van der Waals surface area contributed by atoms with E-state index in [1.54, 1.807) is 24.3 Å². The highest BCUT2D eigenvalue weighted by Crippen LogP contribution is 2.20. The van der Waals surface area contributed by atoms with E-state index in [4.69, 9.17) is 4.74 Å². The third-order valence-electron chi connectivity index (χ3n) is 4.83. The Balaban J connectivity index is 1.58. The number of carbonyl (C=O) groups excluding carboxylic acids is 2. The molecule has 1 aliphatic heterocycles. The second kappa shape index (κ2) is 10.1. The van der Waals surface area contributed by atoms with E-state index in [0.29, 0.717) is 31.7 Å². The molecule has 1 fully saturated rings. The topological polar surface area (TPSA) is 58.6 Å². The van der Waals surface area contributed by atoms with Crippen molar-refractivity contribution in [3.63, 3.8) is 0 Å². The standard InChI is InChI=1S/C23H23F3N2O3/c24-23(25,26)16-27-22(30)20-10-5-13-28(20)21(29)12-11-17-8-4-9-19(14-17)31-15-18-6-2-1-3-7-18/h1-4,6-9,11-12,14,20H,5,10,13,15-16H2,(H,27,30)/b12-11+. The molecule has 8 heteroatoms. The number of ether oxygens (including phenoxy) is 1. The van der Waals surface area contributed by atoms with Gasteiger partial charge in [-0.2, -0.15) is 13.2 Å². The smallest absolute Gasteiger partial charge is 0.405 e. The fraction of sp³-hybridized carbons (Fsp3) is 0.304. The van der Waals surface area contributed by atoms with Gasteiger partial charge in [-0.25, -0.2) is 0 Å². The summed E-state index contributed by atoms with van der Waals surface area (Å²) in [5.41, 5.74) is 1.76. The largest absolute Gasteiger partial charge is 0.489 e. The summed E-state index contributed by atoms with van der Waals surface area (Å²) in [5.74, 6) is -0.558. The van der Waals surface area contributed by atoms with Gasteiger partial charge in [0.15, 0.2) is 0 Å². The first kappa shape index (κ1) is 22.4. The minimum atomic E-state index is -4.49. The van der Waals surface area contributed by atoms with Crippen LogP contribution >= 0.6 is 0 Å². The zero-order chi connectivity index (χ0) is 22.3. The Kier molecular flexibility index (Phi) is 7.33. The number of rotatable bonds is 7. The molecule has 0 saturated carbocycles. The molecule has 0 spiro atoms. The van der Waals surface area contributed by atoms with Gasteiger partial charge in [-0.15, -0.1) is 0 Å². The van der Waals surface area contributed by atoms with Gasteiger partial charge in [-0.05, 0) is 42.2 Å². The van der Waals surface area contributed by atoms with Gasteiger partial charge in [0.25, 0.3) is 0 Å². The molecule has 0 aromatic heterocycles. The molecule has 1 heterocycles. The van der Waals surface area contributed by atoms with Crippen LogP contribution in [0.25, 0.3) is 6.08 Å². The van der Waals surface area contributed by atoms with Gasteiger partial charge in [0.2, 0.25) is 11.8 Å². The van der Waals surface area contributed by atoms with Gasteiger partial charge < -0.3 is 15.0 Å². The van der Waals surface area contributed by atoms with Crippen LogP contribution in [0.1, 0.15) is 24.0 Å². The van der Waals surface area contributed by atoms with Gasteiger partial charge >= 0.3 is 6.18 Å². The lowest BCUT2D eigenvalue weighted by Crippen LogP contribution is -2.47. The number of amides is 2. The van der Waals surface area contributed by atoms with Gasteiger partial charge in [-0.3, -0.25) is 9.59 Å². The van der Waals surface area contributed by atoms with Gasteiger partial charge in [-0.1, -0.05) is 42.5 Å². The number of nitrogens with zero attached hydrogens (tertiary/aromatic N) is 1. The van der Waals surface area contributed by atoms with E-state index in [1.165, 1.54) is 11.0 Å². The number of nitrogens with one attached hydrogen (secondary N) is 1. The zero-order valence-electron chi connectivity index (χ0n) is 16.8. The van der Waals surface area contributed by atoms with E-state index in [1.807, 2.05) is 41.7 Å². The lowest BCUT2D eigenvalue weighted by Gasteiger charge is -2.23. The van der Waals surface area contributed by atoms with Crippen LogP contribution in [0.4, 0.5) is 13.2 Å². The number of hydrogen-bond donors (Lipinski definition) is 1. The lowest BCUT2D eigenvalue weighted by atomic mass is 10.2. The van der Waals surface area contributed by atoms with Gasteiger partial charge in [0.1, 0.15) is 24.9 Å². The van der Waals surface area contributed by atoms with Crippen LogP contribution in [0.2, 0.25) is 0 Å². The van der Waals surface area contributed by atoms with Crippen molar-refractivity contribution in [2.45, 2.75) is 31.7 Å². The molecule has 2 aromatic carbocycles. The molecule has 31 heavy (non-hydrogen) atoms. The van der Waals surface area contributed by atoms with Gasteiger partial charge in [0.05, 0.1) is 0 Å². The molecular formula is C23H23F3N2O3. The number of alkyl halides is 3. The first-order chi connectivity index (χ1) is 14.8. The van der Waals surface area contributed by atoms with Crippen LogP contribution in [0.3, 0.4) is 0 Å². The van der Waals surface area contributed by atoms with E-state index in [9.17, 15) is 22.8 Å². The Bertz CT molecular complexity index is 929. The minimum Gasteiger partial charge on any atom is -0.489 e. The lowest BCUT2D eigenvalue weighted by molar-refractivity contribution is -0.143. The van der Waals surface area contributed by atoms with Crippen molar-refractivity contribution in [2.24, 2.45) is 0 Å². The highest BCUT2D eigenvalue weighted by Gasteiger charge is 2.35. The zero-order valence-corrected chi connectivity index (χ0v) is 16.8. The fourth-order valence-corrected chi connectivity index (χ4v) is 3.32. The normalized spacial score (nSPS) is 16.5. The Morgan fingerprint density at radius 1 is 1.13 bits per heavy atom. The molecule has 0 bridgehead atoms. The van der Waals surface area contributed by atoms with E-state index < -0.39 is 30.6 Å². The molecule has 1 aliphatic rings. The third-order valence-corrected chi connectivity index (χ3v) is 4.83. The number of halogens is 3. The van der Waals surface area contributed by atoms with Crippen molar-refractivity contribution in [3.05, 3.63) is 71.8 Å². The molecule has 3 rings (SSSR count). The molecule has 1 unspecified atom stereocenters. The summed E-state index contributed by atoms with van der Waals surface area (Å²) in [7, 11) is 0. The van der Waals surface area contributed by atoms with Crippen LogP contribution in [0.5, 0.6) is 5.75 Å². The van der Waals surface area contributed by atoms with Crippen LogP contribution < -0.4 is 10.1 Å². The molecule has 2 aromatic rings. The van der Waals surface area contributed by atoms with Crippen molar-refractivity contribution in [1.82, 2.24) is 10.2 Å². The molecule has 0 radical (unpaired) electrons. The average Bonchev–Trinajstić information content (AvgIpc) is 3.25. The Hall–Kier alpha value is -3.29. The summed E-state index contributed by atoms with van der Waals surface area (Å²) in [5, 5.41) is 1.86. The maximum atomic E-state index is 12.5. The van der Waals surface area contributed by atoms with Crippen molar-refractivity contribution < 1.29 is 27.5 Å². The van der Waals surface area contributed by atoms with E-state index in [0.717, 1.165) is 11.1 Å². The molecule has 2 amide bonds. The third kappa shape index (κ3) is 6.87. The number of benzene rings is 2. The quantitative estimate of drug-likeness (QED) is 0.674. The molecular weight excluding hydrogens is 409 g/mol. The molecule has 164 valence electrons. The summed E-state index contributed by atoms with van der Waals surface area (Å²) >= 11 is 0. The summed E-state index contributed by atoms with van der Waals surface area (Å²) in [6.45, 7) is -0.668. The van der Waals surface area contributed by atoms with Crippen molar-refractivity contribution >= 4 is 17.9 Å². The Morgan fingerprint density at radius 2 is 1.90 bits per heavy atom. The number of hydrogen-bond acceptors (Lipinski definition) is 3. The summed E-state index contributed by atoms with van der Waals surface area (Å²) < 4.78 is 42.8. The Labute approximate surface area is 178 Å². The Morgan fingerprint density at radius 3 is 2.65 bits per heavy atom. The van der Waals surface area contributed by atoms with E-state index in [-0.39, 0.29) is 0 Å². The monoisotopic (exact) mass is 432 g/mol. The van der Waals surface area contributed by atoms with Crippen LogP contribution in [-0.2, 0) is 16.2 Å². The second-order valence-electron chi connectivity index (χ2n) is 7.20. The van der Waals surface area contributed by atoms with Crippen molar-refractivity contribution in [2.75, 3.05) is 13.1 Å². The molecule has 1 atom stereocenters. The summed E-state index contributed by atoms with van der Waals surface area (Å²) in [6, 6.07) is 16.0. The van der Waals surface area contributed by atoms with E-state index >= 15 is 0 Å². The number of likely N-dealkylation sites (tertiary alicyclic amines) is 1. The van der Waals surface area contributed by atoms with Crippen LogP contribution in [0, 0.1) is 0 Å². The predicted octanol–water partition coefficient (Wildman–Crippen LogP) is 3.95. The highest BCUT2D eigenvalue weighted by atomic mass is 19.4. The molecule has 0 aliphatic carbocycles.